The molecule has 3 aromatic rings. The Labute approximate surface area is 188 Å². The van der Waals surface area contributed by atoms with Gasteiger partial charge in [-0.05, 0) is 55.9 Å². The molecule has 5 nitrogen and oxygen atoms in total. The summed E-state index contributed by atoms with van der Waals surface area (Å²) in [6.07, 6.45) is 3.96. The molecule has 158 valence electrons. The third kappa shape index (κ3) is 4.29. The lowest BCUT2D eigenvalue weighted by molar-refractivity contribution is -0.119. The molecule has 0 fully saturated rings. The maximum absolute atomic E-state index is 13.2. The number of carbonyl (C=O) groups excluding carboxylic acids is 1. The first kappa shape index (κ1) is 21.4. The zero-order valence-electron chi connectivity index (χ0n) is 17.0. The van der Waals surface area contributed by atoms with Gasteiger partial charge in [-0.3, -0.25) is 14.2 Å². The van der Waals surface area contributed by atoms with Crippen LogP contribution >= 0.6 is 34.7 Å². The second-order valence-corrected chi connectivity index (χ2v) is 9.98. The van der Waals surface area contributed by atoms with E-state index in [0.29, 0.717) is 16.7 Å². The molecule has 30 heavy (non-hydrogen) atoms. The molecule has 8 heteroatoms. The summed E-state index contributed by atoms with van der Waals surface area (Å²) in [5.41, 5.74) is 2.23. The van der Waals surface area contributed by atoms with Crippen LogP contribution in [0, 0.1) is 0 Å². The Kier molecular flexibility index (Phi) is 6.51. The predicted octanol–water partition coefficient (Wildman–Crippen LogP) is 4.98. The molecule has 2 aromatic heterocycles. The zero-order valence-corrected chi connectivity index (χ0v) is 19.4. The van der Waals surface area contributed by atoms with Gasteiger partial charge < -0.3 is 5.32 Å². The predicted molar refractivity (Wildman–Crippen MR) is 125 cm³/mol. The van der Waals surface area contributed by atoms with Crippen molar-refractivity contribution in [2.45, 2.75) is 57.3 Å². The number of thioether (sulfide) groups is 1. The number of rotatable bonds is 7. The Morgan fingerprint density at radius 2 is 2.10 bits per heavy atom. The number of nitrogens with one attached hydrogen (secondary N) is 1. The SMILES string of the molecule is CCCn1c(SCC(=O)NC(C)c2ccc(Cl)cc2)nc2sc3c(c2c1=O)CCC3. The molecule has 0 saturated carbocycles. The van der Waals surface area contributed by atoms with Gasteiger partial charge in [0, 0.05) is 16.4 Å². The maximum Gasteiger partial charge on any atom is 0.263 e. The van der Waals surface area contributed by atoms with Crippen LogP contribution in [0.4, 0.5) is 0 Å². The molecule has 0 saturated heterocycles. The minimum Gasteiger partial charge on any atom is -0.349 e. The van der Waals surface area contributed by atoms with E-state index in [2.05, 4.69) is 5.32 Å². The van der Waals surface area contributed by atoms with Crippen molar-refractivity contribution in [2.75, 3.05) is 5.75 Å². The molecule has 1 aliphatic rings. The van der Waals surface area contributed by atoms with E-state index < -0.39 is 0 Å². The van der Waals surface area contributed by atoms with Crippen molar-refractivity contribution in [3.63, 3.8) is 0 Å². The minimum atomic E-state index is -0.121. The smallest absolute Gasteiger partial charge is 0.263 e. The van der Waals surface area contributed by atoms with Crippen LogP contribution in [-0.2, 0) is 24.2 Å². The van der Waals surface area contributed by atoms with Gasteiger partial charge >= 0.3 is 0 Å². The molecule has 0 radical (unpaired) electrons. The fraction of sp³-hybridized carbons (Fsp3) is 0.409. The summed E-state index contributed by atoms with van der Waals surface area (Å²) >= 11 is 8.90. The van der Waals surface area contributed by atoms with Crippen molar-refractivity contribution in [1.29, 1.82) is 0 Å². The molecular weight excluding hydrogens is 438 g/mol. The number of halogens is 1. The van der Waals surface area contributed by atoms with Crippen molar-refractivity contribution in [2.24, 2.45) is 0 Å². The lowest BCUT2D eigenvalue weighted by atomic mass is 10.1. The minimum absolute atomic E-state index is 0.0405. The number of hydrogen-bond acceptors (Lipinski definition) is 5. The molecule has 1 unspecified atom stereocenters. The van der Waals surface area contributed by atoms with Crippen molar-refractivity contribution in [3.05, 3.63) is 55.6 Å². The summed E-state index contributed by atoms with van der Waals surface area (Å²) < 4.78 is 1.74. The highest BCUT2D eigenvalue weighted by molar-refractivity contribution is 7.99. The Balaban J connectivity index is 1.51. The van der Waals surface area contributed by atoms with Crippen LogP contribution in [0.2, 0.25) is 5.02 Å². The van der Waals surface area contributed by atoms with Gasteiger partial charge in [0.05, 0.1) is 17.2 Å². The van der Waals surface area contributed by atoms with E-state index in [9.17, 15) is 9.59 Å². The number of amides is 1. The van der Waals surface area contributed by atoms with Crippen molar-refractivity contribution in [1.82, 2.24) is 14.9 Å². The molecule has 0 bridgehead atoms. The molecule has 1 amide bonds. The van der Waals surface area contributed by atoms with Crippen LogP contribution in [0.3, 0.4) is 0 Å². The summed E-state index contributed by atoms with van der Waals surface area (Å²) in [4.78, 5) is 32.6. The Bertz CT molecular complexity index is 1140. The molecule has 1 aromatic carbocycles. The lowest BCUT2D eigenvalue weighted by Gasteiger charge is -2.15. The molecule has 1 aliphatic carbocycles. The van der Waals surface area contributed by atoms with Crippen LogP contribution in [0.25, 0.3) is 10.2 Å². The second-order valence-electron chi connectivity index (χ2n) is 7.52. The van der Waals surface area contributed by atoms with Gasteiger partial charge in [0.15, 0.2) is 5.16 Å². The molecule has 1 N–H and O–H groups in total. The van der Waals surface area contributed by atoms with Crippen molar-refractivity contribution in [3.8, 4) is 0 Å². The van der Waals surface area contributed by atoms with Gasteiger partial charge in [-0.2, -0.15) is 0 Å². The second kappa shape index (κ2) is 9.12. The van der Waals surface area contributed by atoms with Gasteiger partial charge in [0.1, 0.15) is 4.83 Å². The Morgan fingerprint density at radius 1 is 1.33 bits per heavy atom. The number of hydrogen-bond donors (Lipinski definition) is 1. The first-order chi connectivity index (χ1) is 14.5. The molecule has 0 aliphatic heterocycles. The van der Waals surface area contributed by atoms with Gasteiger partial charge in [-0.1, -0.05) is 42.4 Å². The Hall–Kier alpha value is -1.83. The highest BCUT2D eigenvalue weighted by Gasteiger charge is 2.23. The quantitative estimate of drug-likeness (QED) is 0.398. The van der Waals surface area contributed by atoms with E-state index in [1.165, 1.54) is 22.2 Å². The van der Waals surface area contributed by atoms with Crippen molar-refractivity contribution >= 4 is 50.8 Å². The third-order valence-corrected chi connectivity index (χ3v) is 7.73. The number of fused-ring (bicyclic) bond motifs is 3. The highest BCUT2D eigenvalue weighted by Crippen LogP contribution is 2.35. The van der Waals surface area contributed by atoms with E-state index in [1.807, 2.05) is 38.1 Å². The van der Waals surface area contributed by atoms with E-state index >= 15 is 0 Å². The Morgan fingerprint density at radius 3 is 2.83 bits per heavy atom. The molecule has 4 rings (SSSR count). The lowest BCUT2D eigenvalue weighted by Crippen LogP contribution is -2.29. The molecule has 0 spiro atoms. The van der Waals surface area contributed by atoms with Crippen LogP contribution in [0.5, 0.6) is 0 Å². The average molecular weight is 462 g/mol. The van der Waals surface area contributed by atoms with Crippen molar-refractivity contribution < 1.29 is 4.79 Å². The van der Waals surface area contributed by atoms with Crippen LogP contribution in [0.15, 0.2) is 34.2 Å². The maximum atomic E-state index is 13.2. The van der Waals surface area contributed by atoms with E-state index in [4.69, 9.17) is 16.6 Å². The fourth-order valence-corrected chi connectivity index (χ4v) is 6.10. The van der Waals surface area contributed by atoms with E-state index in [-0.39, 0.29) is 23.3 Å². The van der Waals surface area contributed by atoms with Crippen LogP contribution < -0.4 is 10.9 Å². The highest BCUT2D eigenvalue weighted by atomic mass is 35.5. The first-order valence-corrected chi connectivity index (χ1v) is 12.4. The molecule has 1 atom stereocenters. The largest absolute Gasteiger partial charge is 0.349 e. The summed E-state index contributed by atoms with van der Waals surface area (Å²) in [5.74, 6) is 0.124. The standard InChI is InChI=1S/C22H24ClN3O2S2/c1-3-11-26-21(28)19-16-5-4-6-17(16)30-20(19)25-22(26)29-12-18(27)24-13(2)14-7-9-15(23)10-8-14/h7-10,13H,3-6,11-12H2,1-2H3,(H,24,27). The number of benzene rings is 1. The van der Waals surface area contributed by atoms with Gasteiger partial charge in [-0.15, -0.1) is 11.3 Å². The molecular formula is C22H24ClN3O2S2. The van der Waals surface area contributed by atoms with Crippen LogP contribution in [0.1, 0.15) is 48.7 Å². The summed E-state index contributed by atoms with van der Waals surface area (Å²) in [6.45, 7) is 4.59. The average Bonchev–Trinajstić information content (AvgIpc) is 3.30. The number of thiophene rings is 1. The summed E-state index contributed by atoms with van der Waals surface area (Å²) in [6, 6.07) is 7.32. The zero-order chi connectivity index (χ0) is 21.3. The third-order valence-electron chi connectivity index (χ3n) is 5.32. The summed E-state index contributed by atoms with van der Waals surface area (Å²) in [5, 5.41) is 5.10. The normalized spacial score (nSPS) is 14.1. The first-order valence-electron chi connectivity index (χ1n) is 10.2. The fourth-order valence-electron chi connectivity index (χ4n) is 3.84. The van der Waals surface area contributed by atoms with E-state index in [0.717, 1.165) is 41.5 Å². The van der Waals surface area contributed by atoms with Gasteiger partial charge in [-0.25, -0.2) is 4.98 Å². The summed E-state index contributed by atoms with van der Waals surface area (Å²) in [7, 11) is 0. The number of carbonyl (C=O) groups is 1. The van der Waals surface area contributed by atoms with Gasteiger partial charge in [0.25, 0.3) is 5.56 Å². The molecule has 2 heterocycles. The van der Waals surface area contributed by atoms with Crippen LogP contribution in [-0.4, -0.2) is 21.2 Å². The number of aryl methyl sites for hydroxylation is 2. The monoisotopic (exact) mass is 461 g/mol. The van der Waals surface area contributed by atoms with E-state index in [1.54, 1.807) is 15.9 Å². The number of nitrogens with zero attached hydrogens (tertiary/aromatic N) is 2. The topological polar surface area (TPSA) is 64.0 Å². The van der Waals surface area contributed by atoms with Gasteiger partial charge in [0.2, 0.25) is 5.91 Å². The number of aromatic nitrogens is 2.